The molecule has 0 radical (unpaired) electrons. The molecule has 5 nitrogen and oxygen atoms in total. The summed E-state index contributed by atoms with van der Waals surface area (Å²) in [5.41, 5.74) is 0. The van der Waals surface area contributed by atoms with Gasteiger partial charge in [0.05, 0.1) is 10.8 Å². The Bertz CT molecular complexity index is 828. The molecule has 0 aliphatic carbocycles. The quantitative estimate of drug-likeness (QED) is 0.668. The van der Waals surface area contributed by atoms with Crippen molar-refractivity contribution in [3.05, 3.63) is 29.3 Å². The highest BCUT2D eigenvalue weighted by Gasteiger charge is 2.18. The monoisotopic (exact) mass is 353 g/mol. The van der Waals surface area contributed by atoms with Crippen molar-refractivity contribution in [2.45, 2.75) is 5.22 Å². The molecule has 2 aromatic heterocycles. The van der Waals surface area contributed by atoms with Gasteiger partial charge >= 0.3 is 0 Å². The van der Waals surface area contributed by atoms with Gasteiger partial charge in [0.15, 0.2) is 0 Å². The SMILES string of the molecule is CN(C)C(=O)CSc1nnc(-c2sc3ccccc3c2Cl)o1. The Morgan fingerprint density at radius 2 is 2.14 bits per heavy atom. The molecule has 0 aliphatic heterocycles. The van der Waals surface area contributed by atoms with Gasteiger partial charge in [-0.3, -0.25) is 4.79 Å². The van der Waals surface area contributed by atoms with Gasteiger partial charge in [0.25, 0.3) is 11.1 Å². The number of halogens is 1. The lowest BCUT2D eigenvalue weighted by Crippen LogP contribution is -2.23. The van der Waals surface area contributed by atoms with Crippen molar-refractivity contribution in [3.63, 3.8) is 0 Å². The van der Waals surface area contributed by atoms with Gasteiger partial charge in [0.2, 0.25) is 5.91 Å². The van der Waals surface area contributed by atoms with Crippen LogP contribution in [-0.2, 0) is 4.79 Å². The normalized spacial score (nSPS) is 11.0. The Hall–Kier alpha value is -1.57. The van der Waals surface area contributed by atoms with Gasteiger partial charge < -0.3 is 9.32 Å². The highest BCUT2D eigenvalue weighted by molar-refractivity contribution is 7.99. The van der Waals surface area contributed by atoms with E-state index in [0.29, 0.717) is 16.1 Å². The summed E-state index contributed by atoms with van der Waals surface area (Å²) in [5, 5.41) is 9.94. The number of hydrogen-bond donors (Lipinski definition) is 0. The summed E-state index contributed by atoms with van der Waals surface area (Å²) in [4.78, 5) is 13.8. The summed E-state index contributed by atoms with van der Waals surface area (Å²) in [6.07, 6.45) is 0. The van der Waals surface area contributed by atoms with Crippen molar-refractivity contribution in [1.82, 2.24) is 15.1 Å². The van der Waals surface area contributed by atoms with Crippen LogP contribution in [0.3, 0.4) is 0 Å². The number of amides is 1. The number of fused-ring (bicyclic) bond motifs is 1. The van der Waals surface area contributed by atoms with Crippen LogP contribution in [0.1, 0.15) is 0 Å². The van der Waals surface area contributed by atoms with Crippen molar-refractivity contribution >= 4 is 50.7 Å². The van der Waals surface area contributed by atoms with Crippen molar-refractivity contribution in [2.75, 3.05) is 19.8 Å². The molecule has 0 saturated heterocycles. The zero-order valence-corrected chi connectivity index (χ0v) is 14.3. The molecule has 0 saturated carbocycles. The first-order valence-corrected chi connectivity index (χ1v) is 8.58. The Morgan fingerprint density at radius 3 is 2.86 bits per heavy atom. The molecule has 0 atom stereocenters. The first-order chi connectivity index (χ1) is 10.6. The van der Waals surface area contributed by atoms with Gasteiger partial charge in [-0.2, -0.15) is 0 Å². The summed E-state index contributed by atoms with van der Waals surface area (Å²) in [7, 11) is 3.41. The fourth-order valence-electron chi connectivity index (χ4n) is 1.76. The minimum atomic E-state index is -0.00959. The maximum Gasteiger partial charge on any atom is 0.277 e. The van der Waals surface area contributed by atoms with Gasteiger partial charge in [-0.1, -0.05) is 41.6 Å². The predicted octanol–water partition coefficient (Wildman–Crippen LogP) is 3.79. The van der Waals surface area contributed by atoms with E-state index >= 15 is 0 Å². The number of hydrogen-bond acceptors (Lipinski definition) is 6. The second kappa shape index (κ2) is 6.28. The van der Waals surface area contributed by atoms with Crippen LogP contribution in [-0.4, -0.2) is 40.9 Å². The molecule has 0 aliphatic rings. The van der Waals surface area contributed by atoms with E-state index < -0.39 is 0 Å². The van der Waals surface area contributed by atoms with E-state index in [1.165, 1.54) is 28.0 Å². The number of thioether (sulfide) groups is 1. The number of thiophene rings is 1. The van der Waals surface area contributed by atoms with E-state index in [2.05, 4.69) is 10.2 Å². The molecule has 0 N–H and O–H groups in total. The molecule has 1 aromatic carbocycles. The number of nitrogens with zero attached hydrogens (tertiary/aromatic N) is 3. The molecule has 0 bridgehead atoms. The molecule has 3 aromatic rings. The Balaban J connectivity index is 1.83. The Labute approximate surface area is 140 Å². The van der Waals surface area contributed by atoms with Gasteiger partial charge in [-0.15, -0.1) is 21.5 Å². The third kappa shape index (κ3) is 2.97. The molecule has 2 heterocycles. The minimum absolute atomic E-state index is 0.00959. The lowest BCUT2D eigenvalue weighted by Gasteiger charge is -2.07. The molecule has 1 amide bonds. The fraction of sp³-hybridized carbons (Fsp3) is 0.214. The van der Waals surface area contributed by atoms with Crippen LogP contribution in [0, 0.1) is 0 Å². The average molecular weight is 354 g/mol. The van der Waals surface area contributed by atoms with Crippen molar-refractivity contribution in [2.24, 2.45) is 0 Å². The minimum Gasteiger partial charge on any atom is -0.410 e. The number of aromatic nitrogens is 2. The lowest BCUT2D eigenvalue weighted by atomic mass is 10.2. The fourth-order valence-corrected chi connectivity index (χ4v) is 3.94. The van der Waals surface area contributed by atoms with Crippen LogP contribution in [0.2, 0.25) is 5.02 Å². The Kier molecular flexibility index (Phi) is 4.37. The molecule has 0 fully saturated rings. The average Bonchev–Trinajstić information content (AvgIpc) is 3.10. The highest BCUT2D eigenvalue weighted by Crippen LogP contribution is 2.41. The number of carbonyl (C=O) groups excluding carboxylic acids is 1. The predicted molar refractivity (Wildman–Crippen MR) is 89.5 cm³/mol. The van der Waals surface area contributed by atoms with Crippen LogP contribution in [0.4, 0.5) is 0 Å². The number of rotatable bonds is 4. The second-order valence-electron chi connectivity index (χ2n) is 4.69. The maximum absolute atomic E-state index is 11.6. The van der Waals surface area contributed by atoms with Crippen LogP contribution >= 0.6 is 34.7 Å². The summed E-state index contributed by atoms with van der Waals surface area (Å²) >= 11 is 9.11. The van der Waals surface area contributed by atoms with Gasteiger partial charge in [0.1, 0.15) is 4.88 Å². The summed E-state index contributed by atoms with van der Waals surface area (Å²) in [6.45, 7) is 0. The smallest absolute Gasteiger partial charge is 0.277 e. The van der Waals surface area contributed by atoms with Crippen LogP contribution in [0.15, 0.2) is 33.9 Å². The molecule has 22 heavy (non-hydrogen) atoms. The van der Waals surface area contributed by atoms with E-state index in [1.54, 1.807) is 14.1 Å². The van der Waals surface area contributed by atoms with E-state index in [4.69, 9.17) is 16.0 Å². The largest absolute Gasteiger partial charge is 0.410 e. The summed E-state index contributed by atoms with van der Waals surface area (Å²) < 4.78 is 6.67. The zero-order chi connectivity index (χ0) is 15.7. The molecular weight excluding hydrogens is 342 g/mol. The first-order valence-electron chi connectivity index (χ1n) is 6.40. The van der Waals surface area contributed by atoms with E-state index in [9.17, 15) is 4.79 Å². The van der Waals surface area contributed by atoms with E-state index in [-0.39, 0.29) is 11.7 Å². The van der Waals surface area contributed by atoms with Crippen LogP contribution in [0.25, 0.3) is 20.9 Å². The first kappa shape index (κ1) is 15.3. The zero-order valence-electron chi connectivity index (χ0n) is 11.9. The van der Waals surface area contributed by atoms with Crippen molar-refractivity contribution < 1.29 is 9.21 Å². The van der Waals surface area contributed by atoms with Gasteiger partial charge in [0, 0.05) is 24.2 Å². The third-order valence-corrected chi connectivity index (χ3v) is 5.42. The summed E-state index contributed by atoms with van der Waals surface area (Å²) in [5.74, 6) is 0.630. The lowest BCUT2D eigenvalue weighted by molar-refractivity contribution is -0.125. The molecular formula is C14H12ClN3O2S2. The molecule has 8 heteroatoms. The summed E-state index contributed by atoms with van der Waals surface area (Å²) in [6, 6.07) is 7.85. The molecule has 114 valence electrons. The Morgan fingerprint density at radius 1 is 1.36 bits per heavy atom. The molecule has 0 unspecified atom stereocenters. The van der Waals surface area contributed by atoms with E-state index in [1.807, 2.05) is 24.3 Å². The standard InChI is InChI=1S/C14H12ClN3O2S2/c1-18(2)10(19)7-21-14-17-16-13(20-14)12-11(15)8-5-3-4-6-9(8)22-12/h3-6H,7H2,1-2H3. The molecule has 0 spiro atoms. The third-order valence-electron chi connectivity index (χ3n) is 2.95. The van der Waals surface area contributed by atoms with Crippen molar-refractivity contribution in [3.8, 4) is 10.8 Å². The number of benzene rings is 1. The van der Waals surface area contributed by atoms with Gasteiger partial charge in [-0.05, 0) is 6.07 Å². The second-order valence-corrected chi connectivity index (χ2v) is 7.05. The van der Waals surface area contributed by atoms with E-state index in [0.717, 1.165) is 15.0 Å². The van der Waals surface area contributed by atoms with Crippen LogP contribution in [0.5, 0.6) is 0 Å². The number of carbonyl (C=O) groups is 1. The van der Waals surface area contributed by atoms with Crippen molar-refractivity contribution in [1.29, 1.82) is 0 Å². The topological polar surface area (TPSA) is 59.2 Å². The van der Waals surface area contributed by atoms with Gasteiger partial charge in [-0.25, -0.2) is 0 Å². The maximum atomic E-state index is 11.6. The highest BCUT2D eigenvalue weighted by atomic mass is 35.5. The molecule has 3 rings (SSSR count). The van der Waals surface area contributed by atoms with Crippen LogP contribution < -0.4 is 0 Å².